The molecule has 0 aliphatic carbocycles. The van der Waals surface area contributed by atoms with E-state index in [-0.39, 0.29) is 10.8 Å². The van der Waals surface area contributed by atoms with Gasteiger partial charge in [-0.15, -0.1) is 0 Å². The van der Waals surface area contributed by atoms with E-state index in [0.29, 0.717) is 4.75 Å². The van der Waals surface area contributed by atoms with Crippen LogP contribution in [0.15, 0.2) is 24.3 Å². The summed E-state index contributed by atoms with van der Waals surface area (Å²) in [5.41, 5.74) is 0.375. The fourth-order valence-electron chi connectivity index (χ4n) is 2.68. The number of rotatable bonds is 6. The molecule has 0 aliphatic rings. The Balaban J connectivity index is 5.46. The van der Waals surface area contributed by atoms with Crippen LogP contribution >= 0.6 is 11.8 Å². The largest absolute Gasteiger partial charge is 0.156 e. The number of thioether (sulfide) groups is 1. The van der Waals surface area contributed by atoms with Gasteiger partial charge in [-0.1, -0.05) is 65.8 Å². The molecular weight excluding hydrogens is 236 g/mol. The van der Waals surface area contributed by atoms with E-state index in [1.54, 1.807) is 0 Å². The molecule has 0 amide bonds. The minimum atomic E-state index is 0.141. The molecule has 0 saturated heterocycles. The van der Waals surface area contributed by atoms with Crippen molar-refractivity contribution < 1.29 is 0 Å². The minimum absolute atomic E-state index is 0.141. The summed E-state index contributed by atoms with van der Waals surface area (Å²) in [6, 6.07) is 0. The molecule has 18 heavy (non-hydrogen) atoms. The lowest BCUT2D eigenvalue weighted by atomic mass is 9.62. The highest BCUT2D eigenvalue weighted by Gasteiger charge is 2.41. The van der Waals surface area contributed by atoms with Crippen LogP contribution in [0.5, 0.6) is 0 Å². The summed E-state index contributed by atoms with van der Waals surface area (Å²) in [4.78, 5) is 0. The predicted octanol–water partition coefficient (Wildman–Crippen LogP) is 6.09. The third-order valence-corrected chi connectivity index (χ3v) is 4.79. The second kappa shape index (κ2) is 6.84. The molecule has 106 valence electrons. The highest BCUT2D eigenvalue weighted by atomic mass is 32.2. The Kier molecular flexibility index (Phi) is 6.78. The second-order valence-electron chi connectivity index (χ2n) is 6.66. The van der Waals surface area contributed by atoms with Gasteiger partial charge in [0.1, 0.15) is 0 Å². The van der Waals surface area contributed by atoms with E-state index in [0.717, 1.165) is 0 Å². The fraction of sp³-hybridized carbons (Fsp3) is 0.765. The molecule has 0 aromatic heterocycles. The monoisotopic (exact) mass is 268 g/mol. The van der Waals surface area contributed by atoms with Crippen LogP contribution in [0, 0.1) is 10.8 Å². The summed E-state index contributed by atoms with van der Waals surface area (Å²) < 4.78 is 0.307. The van der Waals surface area contributed by atoms with Crippen LogP contribution in [0.2, 0.25) is 0 Å². The van der Waals surface area contributed by atoms with Crippen molar-refractivity contribution in [3.05, 3.63) is 24.3 Å². The molecule has 0 fully saturated rings. The van der Waals surface area contributed by atoms with Crippen LogP contribution in [0.4, 0.5) is 0 Å². The predicted molar refractivity (Wildman–Crippen MR) is 88.3 cm³/mol. The van der Waals surface area contributed by atoms with Gasteiger partial charge in [0.25, 0.3) is 0 Å². The zero-order valence-electron chi connectivity index (χ0n) is 13.6. The van der Waals surface area contributed by atoms with E-state index in [9.17, 15) is 0 Å². The topological polar surface area (TPSA) is 0 Å². The van der Waals surface area contributed by atoms with Crippen LogP contribution < -0.4 is 0 Å². The van der Waals surface area contributed by atoms with Crippen LogP contribution in [-0.2, 0) is 0 Å². The molecule has 0 rings (SSSR count). The zero-order chi connectivity index (χ0) is 14.4. The maximum atomic E-state index is 2.39. The molecule has 0 spiro atoms. The van der Waals surface area contributed by atoms with E-state index in [1.807, 2.05) is 0 Å². The molecule has 0 radical (unpaired) electrons. The lowest BCUT2D eigenvalue weighted by Crippen LogP contribution is -2.38. The SMILES string of the molecule is CC=CC(C=CC)(CC(C)(C)SCC)C(C)(C)C. The Morgan fingerprint density at radius 3 is 1.61 bits per heavy atom. The van der Waals surface area contributed by atoms with Gasteiger partial charge in [-0.05, 0) is 31.4 Å². The van der Waals surface area contributed by atoms with E-state index in [1.165, 1.54) is 12.2 Å². The first kappa shape index (κ1) is 17.8. The lowest BCUT2D eigenvalue weighted by Gasteiger charge is -2.45. The van der Waals surface area contributed by atoms with Gasteiger partial charge in [0.15, 0.2) is 0 Å². The number of hydrogen-bond acceptors (Lipinski definition) is 1. The van der Waals surface area contributed by atoms with Crippen molar-refractivity contribution in [3.63, 3.8) is 0 Å². The maximum absolute atomic E-state index is 2.39. The third kappa shape index (κ3) is 4.84. The molecule has 0 aromatic carbocycles. The summed E-state index contributed by atoms with van der Waals surface area (Å²) in [6.07, 6.45) is 10.4. The smallest absolute Gasteiger partial charge is 0.0122 e. The van der Waals surface area contributed by atoms with Gasteiger partial charge >= 0.3 is 0 Å². The summed E-state index contributed by atoms with van der Waals surface area (Å²) >= 11 is 2.06. The third-order valence-electron chi connectivity index (χ3n) is 3.58. The summed E-state index contributed by atoms with van der Waals surface area (Å²) in [7, 11) is 0. The van der Waals surface area contributed by atoms with Crippen molar-refractivity contribution in [1.29, 1.82) is 0 Å². The standard InChI is InChI=1S/C17H32S/c1-9-12-17(13-10-2,15(4,5)6)14-16(7,8)18-11-3/h9-10,12-13H,11,14H2,1-8H3. The van der Waals surface area contributed by atoms with E-state index < -0.39 is 0 Å². The first-order chi connectivity index (χ1) is 8.14. The quantitative estimate of drug-likeness (QED) is 0.525. The highest BCUT2D eigenvalue weighted by molar-refractivity contribution is 8.00. The second-order valence-corrected chi connectivity index (χ2v) is 8.63. The highest BCUT2D eigenvalue weighted by Crippen LogP contribution is 2.50. The number of hydrogen-bond donors (Lipinski definition) is 0. The van der Waals surface area contributed by atoms with Crippen molar-refractivity contribution >= 4 is 11.8 Å². The van der Waals surface area contributed by atoms with Crippen molar-refractivity contribution in [2.75, 3.05) is 5.75 Å². The Bertz CT molecular complexity index is 277. The average Bonchev–Trinajstić information content (AvgIpc) is 2.15. The van der Waals surface area contributed by atoms with E-state index in [2.05, 4.69) is 91.5 Å². The summed E-state index contributed by atoms with van der Waals surface area (Å²) in [5, 5.41) is 0. The van der Waals surface area contributed by atoms with Gasteiger partial charge in [-0.3, -0.25) is 0 Å². The Labute approximate surface area is 119 Å². The summed E-state index contributed by atoms with van der Waals surface area (Å²) in [5.74, 6) is 1.18. The van der Waals surface area contributed by atoms with Gasteiger partial charge < -0.3 is 0 Å². The van der Waals surface area contributed by atoms with E-state index in [4.69, 9.17) is 0 Å². The molecule has 0 nitrogen and oxygen atoms in total. The van der Waals surface area contributed by atoms with Gasteiger partial charge in [0.2, 0.25) is 0 Å². The van der Waals surface area contributed by atoms with Crippen LogP contribution in [-0.4, -0.2) is 10.5 Å². The number of allylic oxidation sites excluding steroid dienone is 4. The first-order valence-electron chi connectivity index (χ1n) is 7.06. The van der Waals surface area contributed by atoms with Crippen LogP contribution in [0.25, 0.3) is 0 Å². The molecule has 0 N–H and O–H groups in total. The van der Waals surface area contributed by atoms with Gasteiger partial charge in [0, 0.05) is 10.2 Å². The first-order valence-corrected chi connectivity index (χ1v) is 8.04. The van der Waals surface area contributed by atoms with Crippen LogP contribution in [0.3, 0.4) is 0 Å². The van der Waals surface area contributed by atoms with Crippen LogP contribution in [0.1, 0.15) is 61.8 Å². The molecule has 0 aliphatic heterocycles. The van der Waals surface area contributed by atoms with Crippen molar-refractivity contribution in [2.24, 2.45) is 10.8 Å². The lowest BCUT2D eigenvalue weighted by molar-refractivity contribution is 0.177. The van der Waals surface area contributed by atoms with Gasteiger partial charge in [-0.25, -0.2) is 0 Å². The van der Waals surface area contributed by atoms with E-state index >= 15 is 0 Å². The normalized spacial score (nSPS) is 17.6. The summed E-state index contributed by atoms with van der Waals surface area (Å²) in [6.45, 7) is 18.3. The molecule has 0 bridgehead atoms. The van der Waals surface area contributed by atoms with Crippen molar-refractivity contribution in [3.8, 4) is 0 Å². The molecule has 1 heteroatoms. The Morgan fingerprint density at radius 1 is 0.889 bits per heavy atom. The maximum Gasteiger partial charge on any atom is 0.0122 e. The van der Waals surface area contributed by atoms with Crippen molar-refractivity contribution in [1.82, 2.24) is 0 Å². The Hall–Kier alpha value is -0.170. The van der Waals surface area contributed by atoms with Gasteiger partial charge in [0.05, 0.1) is 0 Å². The van der Waals surface area contributed by atoms with Gasteiger partial charge in [-0.2, -0.15) is 11.8 Å². The molecule has 0 saturated carbocycles. The molecule has 0 atom stereocenters. The average molecular weight is 269 g/mol. The minimum Gasteiger partial charge on any atom is -0.156 e. The molecule has 0 aromatic rings. The Morgan fingerprint density at radius 2 is 1.33 bits per heavy atom. The van der Waals surface area contributed by atoms with Crippen molar-refractivity contribution in [2.45, 2.75) is 66.6 Å². The zero-order valence-corrected chi connectivity index (χ0v) is 14.4. The molecule has 0 heterocycles. The fourth-order valence-corrected chi connectivity index (χ4v) is 3.80. The molecule has 0 unspecified atom stereocenters. The molecular formula is C17H32S.